The molecule has 0 saturated carbocycles. The second-order valence-electron chi connectivity index (χ2n) is 5.47. The van der Waals surface area contributed by atoms with Crippen molar-refractivity contribution in [3.8, 4) is 0 Å². The Kier molecular flexibility index (Phi) is 8.07. The first-order valence-electron chi connectivity index (χ1n) is 6.01. The monoisotopic (exact) mass is 216 g/mol. The average Bonchev–Trinajstić information content (AvgIpc) is 2.14. The van der Waals surface area contributed by atoms with Gasteiger partial charge in [0.05, 0.1) is 12.7 Å². The molecular weight excluding hydrogens is 188 g/mol. The lowest BCUT2D eigenvalue weighted by Crippen LogP contribution is -2.17. The van der Waals surface area contributed by atoms with Crippen LogP contribution in [0.25, 0.3) is 0 Å². The summed E-state index contributed by atoms with van der Waals surface area (Å²) in [6, 6.07) is 0. The summed E-state index contributed by atoms with van der Waals surface area (Å²) < 4.78 is 10.4. The fourth-order valence-corrected chi connectivity index (χ4v) is 1.66. The van der Waals surface area contributed by atoms with E-state index in [1.165, 1.54) is 25.7 Å². The van der Waals surface area contributed by atoms with E-state index in [-0.39, 0.29) is 6.10 Å². The van der Waals surface area contributed by atoms with Gasteiger partial charge < -0.3 is 9.47 Å². The minimum Gasteiger partial charge on any atom is -0.382 e. The summed E-state index contributed by atoms with van der Waals surface area (Å²) in [7, 11) is 3.49. The van der Waals surface area contributed by atoms with E-state index in [9.17, 15) is 0 Å². The molecule has 2 nitrogen and oxygen atoms in total. The van der Waals surface area contributed by atoms with Crippen molar-refractivity contribution in [2.75, 3.05) is 20.8 Å². The minimum atomic E-state index is 0.282. The van der Waals surface area contributed by atoms with Crippen LogP contribution in [0.2, 0.25) is 0 Å². The fourth-order valence-electron chi connectivity index (χ4n) is 1.66. The van der Waals surface area contributed by atoms with E-state index in [1.807, 2.05) is 0 Å². The van der Waals surface area contributed by atoms with Crippen molar-refractivity contribution in [1.82, 2.24) is 0 Å². The highest BCUT2D eigenvalue weighted by Gasteiger charge is 2.10. The van der Waals surface area contributed by atoms with Crippen LogP contribution in [0.5, 0.6) is 0 Å². The van der Waals surface area contributed by atoms with E-state index < -0.39 is 0 Å². The standard InChI is InChI=1S/C13H28O2/c1-13(2,3)10-8-6-7-9-12(15-5)11-14-4/h12H,6-11H2,1-5H3. The van der Waals surface area contributed by atoms with E-state index in [2.05, 4.69) is 20.8 Å². The molecule has 0 saturated heterocycles. The van der Waals surface area contributed by atoms with E-state index in [0.29, 0.717) is 5.41 Å². The van der Waals surface area contributed by atoms with Crippen LogP contribution < -0.4 is 0 Å². The highest BCUT2D eigenvalue weighted by atomic mass is 16.5. The van der Waals surface area contributed by atoms with Gasteiger partial charge in [0.15, 0.2) is 0 Å². The third-order valence-electron chi connectivity index (χ3n) is 2.64. The normalized spacial score (nSPS) is 14.2. The Labute approximate surface area is 95.3 Å². The maximum atomic E-state index is 5.31. The highest BCUT2D eigenvalue weighted by molar-refractivity contribution is 4.62. The molecule has 0 aromatic carbocycles. The number of ether oxygens (including phenoxy) is 2. The van der Waals surface area contributed by atoms with E-state index in [0.717, 1.165) is 13.0 Å². The van der Waals surface area contributed by atoms with Crippen molar-refractivity contribution in [1.29, 1.82) is 0 Å². The first-order chi connectivity index (χ1) is 6.99. The second-order valence-corrected chi connectivity index (χ2v) is 5.47. The Morgan fingerprint density at radius 1 is 1.00 bits per heavy atom. The van der Waals surface area contributed by atoms with Crippen molar-refractivity contribution in [2.45, 2.75) is 59.0 Å². The summed E-state index contributed by atoms with van der Waals surface area (Å²) in [4.78, 5) is 0. The Hall–Kier alpha value is -0.0800. The first kappa shape index (κ1) is 14.9. The van der Waals surface area contributed by atoms with Gasteiger partial charge in [0, 0.05) is 14.2 Å². The van der Waals surface area contributed by atoms with Gasteiger partial charge in [-0.15, -0.1) is 0 Å². The summed E-state index contributed by atoms with van der Waals surface area (Å²) in [6.07, 6.45) is 6.60. The van der Waals surface area contributed by atoms with Crippen LogP contribution in [0.1, 0.15) is 52.9 Å². The van der Waals surface area contributed by atoms with Gasteiger partial charge in [0.2, 0.25) is 0 Å². The number of unbranched alkanes of at least 4 members (excludes halogenated alkanes) is 2. The Bertz CT molecular complexity index is 138. The van der Waals surface area contributed by atoms with Gasteiger partial charge in [-0.1, -0.05) is 40.0 Å². The molecule has 0 aliphatic heterocycles. The van der Waals surface area contributed by atoms with E-state index in [1.54, 1.807) is 14.2 Å². The molecule has 0 rings (SSSR count). The maximum absolute atomic E-state index is 5.31. The molecule has 1 atom stereocenters. The third-order valence-corrected chi connectivity index (χ3v) is 2.64. The molecule has 0 spiro atoms. The van der Waals surface area contributed by atoms with Gasteiger partial charge >= 0.3 is 0 Å². The molecule has 0 amide bonds. The quantitative estimate of drug-likeness (QED) is 0.577. The van der Waals surface area contributed by atoms with Crippen LogP contribution in [0.4, 0.5) is 0 Å². The molecule has 1 unspecified atom stereocenters. The smallest absolute Gasteiger partial charge is 0.0804 e. The maximum Gasteiger partial charge on any atom is 0.0804 e. The summed E-state index contributed by atoms with van der Waals surface area (Å²) >= 11 is 0. The lowest BCUT2D eigenvalue weighted by atomic mass is 9.89. The molecule has 0 bridgehead atoms. The van der Waals surface area contributed by atoms with Crippen LogP contribution in [-0.2, 0) is 9.47 Å². The number of rotatable bonds is 8. The Morgan fingerprint density at radius 3 is 2.13 bits per heavy atom. The van der Waals surface area contributed by atoms with E-state index in [4.69, 9.17) is 9.47 Å². The molecule has 0 fully saturated rings. The average molecular weight is 216 g/mol. The van der Waals surface area contributed by atoms with Gasteiger partial charge in [-0.05, 0) is 18.3 Å². The van der Waals surface area contributed by atoms with Crippen LogP contribution in [0.15, 0.2) is 0 Å². The molecule has 0 N–H and O–H groups in total. The van der Waals surface area contributed by atoms with Gasteiger partial charge in [-0.3, -0.25) is 0 Å². The largest absolute Gasteiger partial charge is 0.382 e. The summed E-state index contributed by atoms with van der Waals surface area (Å²) in [5.74, 6) is 0. The first-order valence-corrected chi connectivity index (χ1v) is 6.01. The lowest BCUT2D eigenvalue weighted by Gasteiger charge is -2.18. The van der Waals surface area contributed by atoms with Gasteiger partial charge in [0.1, 0.15) is 0 Å². The molecule has 0 aliphatic carbocycles. The molecule has 15 heavy (non-hydrogen) atoms. The van der Waals surface area contributed by atoms with Crippen LogP contribution >= 0.6 is 0 Å². The number of methoxy groups -OCH3 is 2. The predicted octanol–water partition coefficient (Wildman–Crippen LogP) is 3.64. The topological polar surface area (TPSA) is 18.5 Å². The number of hydrogen-bond acceptors (Lipinski definition) is 2. The zero-order valence-corrected chi connectivity index (χ0v) is 11.1. The molecule has 92 valence electrons. The predicted molar refractivity (Wildman–Crippen MR) is 65.2 cm³/mol. The zero-order valence-electron chi connectivity index (χ0n) is 11.1. The minimum absolute atomic E-state index is 0.282. The Balaban J connectivity index is 3.36. The van der Waals surface area contributed by atoms with Crippen molar-refractivity contribution in [3.63, 3.8) is 0 Å². The van der Waals surface area contributed by atoms with Crippen LogP contribution in [0, 0.1) is 5.41 Å². The molecule has 0 radical (unpaired) electrons. The molecular formula is C13H28O2. The highest BCUT2D eigenvalue weighted by Crippen LogP contribution is 2.22. The van der Waals surface area contributed by atoms with Crippen molar-refractivity contribution in [2.24, 2.45) is 5.41 Å². The molecule has 0 heterocycles. The van der Waals surface area contributed by atoms with Gasteiger partial charge in [-0.25, -0.2) is 0 Å². The Morgan fingerprint density at radius 2 is 1.67 bits per heavy atom. The third kappa shape index (κ3) is 10.2. The van der Waals surface area contributed by atoms with Gasteiger partial charge in [-0.2, -0.15) is 0 Å². The fraction of sp³-hybridized carbons (Fsp3) is 1.00. The lowest BCUT2D eigenvalue weighted by molar-refractivity contribution is 0.0220. The summed E-state index contributed by atoms with van der Waals surface area (Å²) in [5.41, 5.74) is 0.479. The zero-order chi connectivity index (χ0) is 11.7. The van der Waals surface area contributed by atoms with Crippen LogP contribution in [0.3, 0.4) is 0 Å². The van der Waals surface area contributed by atoms with Crippen LogP contribution in [-0.4, -0.2) is 26.9 Å². The van der Waals surface area contributed by atoms with Gasteiger partial charge in [0.25, 0.3) is 0 Å². The van der Waals surface area contributed by atoms with Crippen molar-refractivity contribution in [3.05, 3.63) is 0 Å². The molecule has 0 aliphatic rings. The SMILES string of the molecule is COCC(CCCCCC(C)(C)C)OC. The molecule has 0 aromatic heterocycles. The second kappa shape index (κ2) is 8.12. The van der Waals surface area contributed by atoms with E-state index >= 15 is 0 Å². The van der Waals surface area contributed by atoms with Crippen molar-refractivity contribution < 1.29 is 9.47 Å². The van der Waals surface area contributed by atoms with Crippen molar-refractivity contribution >= 4 is 0 Å². The number of hydrogen-bond donors (Lipinski definition) is 0. The molecule has 0 aromatic rings. The summed E-state index contributed by atoms with van der Waals surface area (Å²) in [6.45, 7) is 7.62. The summed E-state index contributed by atoms with van der Waals surface area (Å²) in [5, 5.41) is 0. The molecule has 2 heteroatoms.